The highest BCUT2D eigenvalue weighted by Crippen LogP contribution is 2.35. The monoisotopic (exact) mass is 399 g/mol. The predicted molar refractivity (Wildman–Crippen MR) is 112 cm³/mol. The summed E-state index contributed by atoms with van der Waals surface area (Å²) in [6.07, 6.45) is 2.31. The third-order valence-electron chi connectivity index (χ3n) is 5.39. The lowest BCUT2D eigenvalue weighted by molar-refractivity contribution is -0.385. The summed E-state index contributed by atoms with van der Waals surface area (Å²) in [6, 6.07) is 12.9. The molecule has 2 aromatic rings. The molecule has 1 aliphatic rings. The zero-order valence-electron chi connectivity index (χ0n) is 17.1. The summed E-state index contributed by atoms with van der Waals surface area (Å²) in [4.78, 5) is 13.6. The molecule has 1 fully saturated rings. The summed E-state index contributed by atoms with van der Waals surface area (Å²) in [7, 11) is 3.69. The fourth-order valence-corrected chi connectivity index (χ4v) is 3.59. The van der Waals surface area contributed by atoms with Gasteiger partial charge in [-0.15, -0.1) is 0 Å². The Balaban J connectivity index is 1.67. The van der Waals surface area contributed by atoms with Crippen molar-refractivity contribution in [1.82, 2.24) is 10.2 Å². The second-order valence-electron chi connectivity index (χ2n) is 7.54. The van der Waals surface area contributed by atoms with Crippen LogP contribution in [0.4, 0.5) is 5.69 Å². The molecule has 0 bridgehead atoms. The van der Waals surface area contributed by atoms with Gasteiger partial charge in [-0.05, 0) is 57.1 Å². The molecule has 156 valence electrons. The summed E-state index contributed by atoms with van der Waals surface area (Å²) >= 11 is 0. The highest BCUT2D eigenvalue weighted by Gasteiger charge is 2.21. The van der Waals surface area contributed by atoms with Gasteiger partial charge >= 0.3 is 0 Å². The second-order valence-corrected chi connectivity index (χ2v) is 7.54. The van der Waals surface area contributed by atoms with Crippen LogP contribution in [-0.2, 0) is 13.2 Å². The number of ether oxygens (including phenoxy) is 2. The molecule has 1 aliphatic heterocycles. The summed E-state index contributed by atoms with van der Waals surface area (Å²) in [5.41, 5.74) is 1.64. The van der Waals surface area contributed by atoms with Crippen LogP contribution in [0.5, 0.6) is 11.5 Å². The normalized spacial score (nSPS) is 15.2. The van der Waals surface area contributed by atoms with Crippen LogP contribution in [-0.4, -0.2) is 43.6 Å². The molecule has 7 heteroatoms. The standard InChI is InChI=1S/C22H29N3O4/c1-24-10-8-17(9-11-24)14-23-15-19-12-21(28-2)22(13-20(19)25(26)27)29-16-18-6-4-3-5-7-18/h3-7,12-13,17,23H,8-11,14-16H2,1-2H3. The Morgan fingerprint density at radius 3 is 2.55 bits per heavy atom. The number of nitro benzene ring substituents is 1. The van der Waals surface area contributed by atoms with Gasteiger partial charge in [0.25, 0.3) is 5.69 Å². The fraction of sp³-hybridized carbons (Fsp3) is 0.455. The van der Waals surface area contributed by atoms with Crippen molar-refractivity contribution in [3.8, 4) is 11.5 Å². The molecule has 0 aromatic heterocycles. The molecule has 1 saturated heterocycles. The Kier molecular flexibility index (Phi) is 7.43. The number of hydrogen-bond donors (Lipinski definition) is 1. The van der Waals surface area contributed by atoms with Gasteiger partial charge in [0.15, 0.2) is 11.5 Å². The van der Waals surface area contributed by atoms with Gasteiger partial charge in [0.1, 0.15) is 6.61 Å². The Hall–Kier alpha value is -2.64. The minimum atomic E-state index is -0.360. The van der Waals surface area contributed by atoms with Crippen molar-refractivity contribution in [3.05, 3.63) is 63.7 Å². The van der Waals surface area contributed by atoms with Gasteiger partial charge in [-0.1, -0.05) is 30.3 Å². The van der Waals surface area contributed by atoms with Crippen LogP contribution in [0.25, 0.3) is 0 Å². The average molecular weight is 399 g/mol. The van der Waals surface area contributed by atoms with Crippen molar-refractivity contribution >= 4 is 5.69 Å². The maximum Gasteiger partial charge on any atom is 0.277 e. The van der Waals surface area contributed by atoms with Gasteiger partial charge in [-0.25, -0.2) is 0 Å². The number of nitrogens with zero attached hydrogens (tertiary/aromatic N) is 2. The summed E-state index contributed by atoms with van der Waals surface area (Å²) in [6.45, 7) is 3.82. The Bertz CT molecular complexity index is 805. The molecule has 0 radical (unpaired) electrons. The van der Waals surface area contributed by atoms with Crippen molar-refractivity contribution < 1.29 is 14.4 Å². The first-order chi connectivity index (χ1) is 14.1. The molecule has 29 heavy (non-hydrogen) atoms. The Morgan fingerprint density at radius 2 is 1.90 bits per heavy atom. The van der Waals surface area contributed by atoms with Crippen molar-refractivity contribution in [3.63, 3.8) is 0 Å². The van der Waals surface area contributed by atoms with Crippen molar-refractivity contribution in [2.24, 2.45) is 5.92 Å². The molecule has 7 nitrogen and oxygen atoms in total. The maximum atomic E-state index is 11.6. The summed E-state index contributed by atoms with van der Waals surface area (Å²) in [5.74, 6) is 1.49. The van der Waals surface area contributed by atoms with Gasteiger partial charge in [0.05, 0.1) is 18.1 Å². The lowest BCUT2D eigenvalue weighted by atomic mass is 9.97. The number of piperidine rings is 1. The molecular formula is C22H29N3O4. The van der Waals surface area contributed by atoms with Crippen LogP contribution < -0.4 is 14.8 Å². The summed E-state index contributed by atoms with van der Waals surface area (Å²) < 4.78 is 11.3. The van der Waals surface area contributed by atoms with E-state index in [1.54, 1.807) is 13.2 Å². The quantitative estimate of drug-likeness (QED) is 0.513. The minimum absolute atomic E-state index is 0.0461. The first-order valence-corrected chi connectivity index (χ1v) is 9.98. The predicted octanol–water partition coefficient (Wildman–Crippen LogP) is 3.61. The minimum Gasteiger partial charge on any atom is -0.493 e. The van der Waals surface area contributed by atoms with Crippen molar-refractivity contribution in [1.29, 1.82) is 0 Å². The maximum absolute atomic E-state index is 11.6. The van der Waals surface area contributed by atoms with Crippen LogP contribution >= 0.6 is 0 Å². The van der Waals surface area contributed by atoms with Gasteiger partial charge in [0, 0.05) is 12.1 Å². The fourth-order valence-electron chi connectivity index (χ4n) is 3.59. The molecule has 2 aromatic carbocycles. The molecule has 1 heterocycles. The Labute approximate surface area is 171 Å². The van der Waals surface area contributed by atoms with E-state index in [-0.39, 0.29) is 10.6 Å². The van der Waals surface area contributed by atoms with Crippen molar-refractivity contribution in [2.45, 2.75) is 26.0 Å². The molecule has 1 N–H and O–H groups in total. The van der Waals surface area contributed by atoms with E-state index in [2.05, 4.69) is 17.3 Å². The zero-order chi connectivity index (χ0) is 20.6. The van der Waals surface area contributed by atoms with Crippen LogP contribution in [0.3, 0.4) is 0 Å². The topological polar surface area (TPSA) is 76.9 Å². The van der Waals surface area contributed by atoms with Gasteiger partial charge < -0.3 is 19.7 Å². The molecule has 0 saturated carbocycles. The van der Waals surface area contributed by atoms with Crippen LogP contribution in [0, 0.1) is 16.0 Å². The largest absolute Gasteiger partial charge is 0.493 e. The molecule has 0 unspecified atom stereocenters. The lowest BCUT2D eigenvalue weighted by Gasteiger charge is -2.29. The van der Waals surface area contributed by atoms with Gasteiger partial charge in [0.2, 0.25) is 0 Å². The van der Waals surface area contributed by atoms with Gasteiger partial charge in [-0.2, -0.15) is 0 Å². The van der Waals surface area contributed by atoms with E-state index in [0.717, 1.165) is 38.0 Å². The molecule has 0 amide bonds. The number of nitro groups is 1. The van der Waals surface area contributed by atoms with E-state index in [0.29, 0.717) is 36.1 Å². The number of methoxy groups -OCH3 is 1. The van der Waals surface area contributed by atoms with E-state index in [1.807, 2.05) is 30.3 Å². The van der Waals surface area contributed by atoms with Crippen LogP contribution in [0.1, 0.15) is 24.0 Å². The number of hydrogen-bond acceptors (Lipinski definition) is 6. The highest BCUT2D eigenvalue weighted by molar-refractivity contribution is 5.54. The average Bonchev–Trinajstić information content (AvgIpc) is 2.74. The van der Waals surface area contributed by atoms with E-state index in [1.165, 1.54) is 6.07 Å². The van der Waals surface area contributed by atoms with Gasteiger partial charge in [-0.3, -0.25) is 10.1 Å². The zero-order valence-corrected chi connectivity index (χ0v) is 17.1. The van der Waals surface area contributed by atoms with E-state index >= 15 is 0 Å². The highest BCUT2D eigenvalue weighted by atomic mass is 16.6. The number of benzene rings is 2. The van der Waals surface area contributed by atoms with Crippen molar-refractivity contribution in [2.75, 3.05) is 33.8 Å². The number of rotatable bonds is 9. The Morgan fingerprint density at radius 1 is 1.17 bits per heavy atom. The van der Waals surface area contributed by atoms with E-state index < -0.39 is 0 Å². The third-order valence-corrected chi connectivity index (χ3v) is 5.39. The SMILES string of the molecule is COc1cc(CNCC2CCN(C)CC2)c([N+](=O)[O-])cc1OCc1ccccc1. The molecule has 3 rings (SSSR count). The second kappa shape index (κ2) is 10.2. The van der Waals surface area contributed by atoms with E-state index in [9.17, 15) is 10.1 Å². The van der Waals surface area contributed by atoms with Crippen LogP contribution in [0.15, 0.2) is 42.5 Å². The van der Waals surface area contributed by atoms with Crippen LogP contribution in [0.2, 0.25) is 0 Å². The molecule has 0 spiro atoms. The molecular weight excluding hydrogens is 370 g/mol. The first-order valence-electron chi connectivity index (χ1n) is 9.98. The molecule has 0 atom stereocenters. The smallest absolute Gasteiger partial charge is 0.277 e. The van der Waals surface area contributed by atoms with E-state index in [4.69, 9.17) is 9.47 Å². The third kappa shape index (κ3) is 5.92. The molecule has 0 aliphatic carbocycles. The number of likely N-dealkylation sites (tertiary alicyclic amines) is 1. The first kappa shape index (κ1) is 21.1. The number of nitrogens with one attached hydrogen (secondary N) is 1. The summed E-state index contributed by atoms with van der Waals surface area (Å²) in [5, 5.41) is 15.0. The lowest BCUT2D eigenvalue weighted by Crippen LogP contribution is -2.34.